The van der Waals surface area contributed by atoms with Crippen LogP contribution in [0.3, 0.4) is 0 Å². The molecule has 1 fully saturated rings. The van der Waals surface area contributed by atoms with Crippen molar-refractivity contribution in [2.24, 2.45) is 0 Å². The van der Waals surface area contributed by atoms with Crippen molar-refractivity contribution in [1.29, 1.82) is 0 Å². The van der Waals surface area contributed by atoms with E-state index < -0.39 is 18.0 Å². The molecule has 20 heavy (non-hydrogen) atoms. The number of ether oxygens (including phenoxy) is 1. The lowest BCUT2D eigenvalue weighted by atomic mass is 10.2. The van der Waals surface area contributed by atoms with Gasteiger partial charge in [0, 0.05) is 32.7 Å². The lowest BCUT2D eigenvalue weighted by molar-refractivity contribution is -0.186. The van der Waals surface area contributed by atoms with Crippen LogP contribution >= 0.6 is 0 Å². The minimum atomic E-state index is -0.483. The molecule has 1 saturated heterocycles. The predicted molar refractivity (Wildman–Crippen MR) is 72.9 cm³/mol. The Kier molecular flexibility index (Phi) is 4.92. The number of amides is 1. The standard InChI is InChI=1S/C14H19FN2O3/c1-17(2)12-7-6-10(9-11(12)15)14(18)16-20-13-5-3-4-8-19-13/h6-7,9,13H,3-5,8H2,1-2H3,(H,16,18)/t13-/m0/s1. The third kappa shape index (κ3) is 3.68. The lowest BCUT2D eigenvalue weighted by Gasteiger charge is -2.22. The van der Waals surface area contributed by atoms with E-state index in [0.717, 1.165) is 19.3 Å². The van der Waals surface area contributed by atoms with Gasteiger partial charge in [-0.1, -0.05) is 0 Å². The second-order valence-corrected chi connectivity index (χ2v) is 4.91. The summed E-state index contributed by atoms with van der Waals surface area (Å²) in [5.74, 6) is -0.931. The molecule has 0 radical (unpaired) electrons. The van der Waals surface area contributed by atoms with E-state index in [9.17, 15) is 9.18 Å². The first-order valence-electron chi connectivity index (χ1n) is 6.62. The van der Waals surface area contributed by atoms with Gasteiger partial charge in [0.15, 0.2) is 6.29 Å². The molecule has 0 saturated carbocycles. The number of rotatable bonds is 4. The topological polar surface area (TPSA) is 50.8 Å². The van der Waals surface area contributed by atoms with Gasteiger partial charge in [-0.15, -0.1) is 0 Å². The number of hydrogen-bond acceptors (Lipinski definition) is 4. The quantitative estimate of drug-likeness (QED) is 0.859. The first-order valence-corrected chi connectivity index (χ1v) is 6.62. The summed E-state index contributed by atoms with van der Waals surface area (Å²) in [6.45, 7) is 0.632. The number of benzene rings is 1. The average Bonchev–Trinajstić information content (AvgIpc) is 2.45. The van der Waals surface area contributed by atoms with Gasteiger partial charge in [-0.05, 0) is 31.0 Å². The molecule has 2 rings (SSSR count). The van der Waals surface area contributed by atoms with Crippen molar-refractivity contribution in [3.8, 4) is 0 Å². The smallest absolute Gasteiger partial charge is 0.275 e. The van der Waals surface area contributed by atoms with E-state index in [1.54, 1.807) is 31.1 Å². The highest BCUT2D eigenvalue weighted by molar-refractivity contribution is 5.93. The molecular weight excluding hydrogens is 263 g/mol. The molecule has 0 bridgehead atoms. The normalized spacial score (nSPS) is 18.6. The van der Waals surface area contributed by atoms with Crippen molar-refractivity contribution in [2.45, 2.75) is 25.6 Å². The summed E-state index contributed by atoms with van der Waals surface area (Å²) in [4.78, 5) is 18.7. The van der Waals surface area contributed by atoms with E-state index in [1.807, 2.05) is 0 Å². The van der Waals surface area contributed by atoms with Crippen LogP contribution in [-0.2, 0) is 9.57 Å². The molecule has 1 amide bonds. The summed E-state index contributed by atoms with van der Waals surface area (Å²) in [5, 5.41) is 0. The molecular formula is C14H19FN2O3. The molecule has 1 atom stereocenters. The van der Waals surface area contributed by atoms with Crippen LogP contribution < -0.4 is 10.4 Å². The van der Waals surface area contributed by atoms with Crippen molar-refractivity contribution in [1.82, 2.24) is 5.48 Å². The van der Waals surface area contributed by atoms with Crippen LogP contribution in [0.15, 0.2) is 18.2 Å². The summed E-state index contributed by atoms with van der Waals surface area (Å²) >= 11 is 0. The highest BCUT2D eigenvalue weighted by Crippen LogP contribution is 2.18. The van der Waals surface area contributed by atoms with Crippen LogP contribution in [0.4, 0.5) is 10.1 Å². The molecule has 0 unspecified atom stereocenters. The summed E-state index contributed by atoms with van der Waals surface area (Å²) in [6, 6.07) is 4.30. The van der Waals surface area contributed by atoms with Gasteiger partial charge in [0.25, 0.3) is 5.91 Å². The Labute approximate surface area is 117 Å². The van der Waals surface area contributed by atoms with Gasteiger partial charge >= 0.3 is 0 Å². The number of carbonyl (C=O) groups is 1. The number of nitrogens with one attached hydrogen (secondary N) is 1. The minimum absolute atomic E-state index is 0.212. The van der Waals surface area contributed by atoms with Gasteiger partial charge in [0.05, 0.1) is 5.69 Å². The molecule has 1 aliphatic rings. The Morgan fingerprint density at radius 3 is 2.85 bits per heavy atom. The Hall–Kier alpha value is -1.66. The molecule has 1 aromatic rings. The molecule has 0 aliphatic carbocycles. The van der Waals surface area contributed by atoms with Gasteiger partial charge in [0.1, 0.15) is 5.82 Å². The van der Waals surface area contributed by atoms with Crippen LogP contribution in [0.1, 0.15) is 29.6 Å². The zero-order chi connectivity index (χ0) is 14.5. The fourth-order valence-electron chi connectivity index (χ4n) is 1.99. The molecule has 0 aromatic heterocycles. The highest BCUT2D eigenvalue weighted by atomic mass is 19.1. The maximum absolute atomic E-state index is 13.8. The second-order valence-electron chi connectivity index (χ2n) is 4.91. The third-order valence-corrected chi connectivity index (χ3v) is 3.11. The zero-order valence-corrected chi connectivity index (χ0v) is 11.7. The Balaban J connectivity index is 1.93. The van der Waals surface area contributed by atoms with Crippen LogP contribution in [0.25, 0.3) is 0 Å². The van der Waals surface area contributed by atoms with Crippen LogP contribution in [0.5, 0.6) is 0 Å². The lowest BCUT2D eigenvalue weighted by Crippen LogP contribution is -2.33. The van der Waals surface area contributed by atoms with Crippen molar-refractivity contribution >= 4 is 11.6 Å². The first-order chi connectivity index (χ1) is 9.58. The molecule has 110 valence electrons. The minimum Gasteiger partial charge on any atom is -0.375 e. The van der Waals surface area contributed by atoms with Crippen molar-refractivity contribution < 1.29 is 18.8 Å². The predicted octanol–water partition coefficient (Wildman–Crippen LogP) is 2.08. The van der Waals surface area contributed by atoms with Crippen LogP contribution in [0.2, 0.25) is 0 Å². The number of carbonyl (C=O) groups excluding carboxylic acids is 1. The van der Waals surface area contributed by atoms with Crippen LogP contribution in [-0.4, -0.2) is 32.9 Å². The maximum Gasteiger partial charge on any atom is 0.275 e. The summed E-state index contributed by atoms with van der Waals surface area (Å²) in [5.41, 5.74) is 2.94. The Bertz CT molecular complexity index is 473. The number of nitrogens with zero attached hydrogens (tertiary/aromatic N) is 1. The Morgan fingerprint density at radius 2 is 2.25 bits per heavy atom. The van der Waals surface area contributed by atoms with Gasteiger partial charge < -0.3 is 9.64 Å². The monoisotopic (exact) mass is 282 g/mol. The second kappa shape index (κ2) is 6.67. The van der Waals surface area contributed by atoms with E-state index in [1.165, 1.54) is 6.07 Å². The van der Waals surface area contributed by atoms with Crippen molar-refractivity contribution in [3.05, 3.63) is 29.6 Å². The van der Waals surface area contributed by atoms with Crippen LogP contribution in [0, 0.1) is 5.82 Å². The van der Waals surface area contributed by atoms with Crippen molar-refractivity contribution in [2.75, 3.05) is 25.6 Å². The van der Waals surface area contributed by atoms with E-state index in [4.69, 9.17) is 9.57 Å². The molecule has 1 N–H and O–H groups in total. The number of halogens is 1. The van der Waals surface area contributed by atoms with Gasteiger partial charge in [-0.2, -0.15) is 0 Å². The largest absolute Gasteiger partial charge is 0.375 e. The number of hydroxylamine groups is 1. The van der Waals surface area contributed by atoms with Gasteiger partial charge in [-0.3, -0.25) is 4.79 Å². The summed E-state index contributed by atoms with van der Waals surface area (Å²) in [6.07, 6.45) is 2.34. The SMILES string of the molecule is CN(C)c1ccc(C(=O)NO[C@H]2CCCCO2)cc1F. The maximum atomic E-state index is 13.8. The average molecular weight is 282 g/mol. The first kappa shape index (κ1) is 14.7. The third-order valence-electron chi connectivity index (χ3n) is 3.11. The van der Waals surface area contributed by atoms with E-state index >= 15 is 0 Å². The summed E-state index contributed by atoms with van der Waals surface area (Å²) < 4.78 is 19.1. The molecule has 0 spiro atoms. The van der Waals surface area contributed by atoms with Gasteiger partial charge in [-0.25, -0.2) is 14.7 Å². The molecule has 1 aromatic carbocycles. The Morgan fingerprint density at radius 1 is 1.45 bits per heavy atom. The molecule has 1 heterocycles. The fraction of sp³-hybridized carbons (Fsp3) is 0.500. The molecule has 5 nitrogen and oxygen atoms in total. The van der Waals surface area contributed by atoms with E-state index in [0.29, 0.717) is 12.3 Å². The van der Waals surface area contributed by atoms with Gasteiger partial charge in [0.2, 0.25) is 0 Å². The number of anilines is 1. The molecule has 1 aliphatic heterocycles. The number of hydrogen-bond donors (Lipinski definition) is 1. The van der Waals surface area contributed by atoms with Crippen molar-refractivity contribution in [3.63, 3.8) is 0 Å². The van der Waals surface area contributed by atoms with E-state index in [2.05, 4.69) is 5.48 Å². The fourth-order valence-corrected chi connectivity index (χ4v) is 1.99. The van der Waals surface area contributed by atoms with E-state index in [-0.39, 0.29) is 5.56 Å². The zero-order valence-electron chi connectivity index (χ0n) is 11.7. The highest BCUT2D eigenvalue weighted by Gasteiger charge is 2.17. The molecule has 6 heteroatoms. The summed E-state index contributed by atoms with van der Waals surface area (Å²) in [7, 11) is 3.48.